The van der Waals surface area contributed by atoms with Crippen LogP contribution in [0.2, 0.25) is 0 Å². The lowest BCUT2D eigenvalue weighted by Crippen LogP contribution is -2.85. The van der Waals surface area contributed by atoms with Crippen LogP contribution in [0.25, 0.3) is 6.08 Å². The number of hydrogen-bond donors (Lipinski definition) is 2. The van der Waals surface area contributed by atoms with Gasteiger partial charge in [-0.05, 0) is 44.5 Å². The van der Waals surface area contributed by atoms with Crippen LogP contribution in [0.1, 0.15) is 63.9 Å². The first kappa shape index (κ1) is 36.7. The van der Waals surface area contributed by atoms with Crippen LogP contribution < -0.4 is 0 Å². The minimum Gasteiger partial charge on any atom is -0.465 e. The number of carbonyl (C=O) groups excluding carboxylic acids is 5. The van der Waals surface area contributed by atoms with Gasteiger partial charge in [0.2, 0.25) is 0 Å². The van der Waals surface area contributed by atoms with Gasteiger partial charge in [0.05, 0.1) is 28.8 Å². The fraction of sp³-hybridized carbons (Fsp3) is 0.486. The maximum absolute atomic E-state index is 13.9. The standard InChI is InChI=1S/C37H42O13/c1-21(38)45-20-36-31(48-27(41)18-17-24-13-9-7-10-14-24)26(46-22(2)39)19-35(6,44)37(36)30(42)28(34(4,5)50-37)29(47-23(3)40)32(36)49-33(43)25-15-11-8-12-16-25/h7-18,26,28-32,42,44H,19-20H2,1-6H3/t26-,28+,29-,30+,31-,32+,35-,36-,37-/m0/s1. The molecule has 0 amide bonds. The van der Waals surface area contributed by atoms with E-state index >= 15 is 0 Å². The first-order valence-electron chi connectivity index (χ1n) is 16.2. The molecule has 3 fully saturated rings. The first-order valence-corrected chi connectivity index (χ1v) is 16.2. The van der Waals surface area contributed by atoms with Crippen molar-refractivity contribution >= 4 is 35.9 Å². The highest BCUT2D eigenvalue weighted by atomic mass is 16.6. The van der Waals surface area contributed by atoms with E-state index in [1.54, 1.807) is 62.4 Å². The molecule has 1 heterocycles. The summed E-state index contributed by atoms with van der Waals surface area (Å²) < 4.78 is 36.3. The van der Waals surface area contributed by atoms with Gasteiger partial charge in [-0.2, -0.15) is 0 Å². The van der Waals surface area contributed by atoms with Crippen LogP contribution in [0.4, 0.5) is 0 Å². The minimum atomic E-state index is -2.29. The molecule has 3 aliphatic rings. The molecule has 2 aromatic carbocycles. The Labute approximate surface area is 289 Å². The molecule has 2 bridgehead atoms. The SMILES string of the molecule is CC(=O)OC[C@]12[C@H](OC(=O)c3ccccc3)[C@@H](OC(C)=O)[C@@H]3[C@@H](O)[C@]1(OC3(C)C)[C@@](C)(O)C[C@H](OC(C)=O)[C@@H]2OC(=O)C=Cc1ccccc1. The quantitative estimate of drug-likeness (QED) is 0.222. The molecule has 0 radical (unpaired) electrons. The molecule has 0 unspecified atom stereocenters. The van der Waals surface area contributed by atoms with Crippen LogP contribution in [-0.2, 0) is 47.6 Å². The molecule has 50 heavy (non-hydrogen) atoms. The highest BCUT2D eigenvalue weighted by Gasteiger charge is 2.88. The molecular weight excluding hydrogens is 652 g/mol. The number of aliphatic hydroxyl groups is 2. The Morgan fingerprint density at radius 1 is 0.820 bits per heavy atom. The predicted octanol–water partition coefficient (Wildman–Crippen LogP) is 2.94. The Bertz CT molecular complexity index is 1650. The number of esters is 5. The summed E-state index contributed by atoms with van der Waals surface area (Å²) in [7, 11) is 0. The van der Waals surface area contributed by atoms with Crippen LogP contribution in [0.5, 0.6) is 0 Å². The molecule has 1 saturated heterocycles. The topological polar surface area (TPSA) is 181 Å². The number of fused-ring (bicyclic) bond motifs is 1. The molecule has 1 spiro atoms. The number of hydrogen-bond acceptors (Lipinski definition) is 13. The van der Waals surface area contributed by atoms with E-state index in [9.17, 15) is 34.2 Å². The monoisotopic (exact) mass is 694 g/mol. The van der Waals surface area contributed by atoms with E-state index in [0.717, 1.165) is 26.8 Å². The van der Waals surface area contributed by atoms with E-state index in [1.165, 1.54) is 25.1 Å². The molecule has 2 aromatic rings. The Balaban J connectivity index is 1.81. The third kappa shape index (κ3) is 6.29. The van der Waals surface area contributed by atoms with Gasteiger partial charge in [-0.15, -0.1) is 0 Å². The second kappa shape index (κ2) is 13.6. The Morgan fingerprint density at radius 3 is 2.00 bits per heavy atom. The number of rotatable bonds is 9. The molecule has 268 valence electrons. The lowest BCUT2D eigenvalue weighted by molar-refractivity contribution is -0.362. The summed E-state index contributed by atoms with van der Waals surface area (Å²) in [5.74, 6) is -5.48. The van der Waals surface area contributed by atoms with Gasteiger partial charge in [0.25, 0.3) is 0 Å². The second-order valence-corrected chi connectivity index (χ2v) is 13.7. The van der Waals surface area contributed by atoms with Crippen molar-refractivity contribution in [2.75, 3.05) is 6.61 Å². The highest BCUT2D eigenvalue weighted by molar-refractivity contribution is 5.90. The van der Waals surface area contributed by atoms with Crippen molar-refractivity contribution in [1.82, 2.24) is 0 Å². The normalized spacial score (nSPS) is 33.8. The average Bonchev–Trinajstić information content (AvgIpc) is 3.22. The number of carbonyl (C=O) groups is 5. The van der Waals surface area contributed by atoms with E-state index in [0.29, 0.717) is 5.56 Å². The third-order valence-electron chi connectivity index (χ3n) is 9.91. The van der Waals surface area contributed by atoms with E-state index in [-0.39, 0.29) is 5.56 Å². The summed E-state index contributed by atoms with van der Waals surface area (Å²) >= 11 is 0. The molecule has 2 N–H and O–H groups in total. The van der Waals surface area contributed by atoms with Crippen molar-refractivity contribution in [3.8, 4) is 0 Å². The van der Waals surface area contributed by atoms with E-state index in [4.69, 9.17) is 28.4 Å². The summed E-state index contributed by atoms with van der Waals surface area (Å²) in [6.45, 7) is 7.06. The summed E-state index contributed by atoms with van der Waals surface area (Å²) in [4.78, 5) is 65.6. The number of benzene rings is 2. The lowest BCUT2D eigenvalue weighted by Gasteiger charge is -2.66. The zero-order valence-electron chi connectivity index (χ0n) is 28.7. The van der Waals surface area contributed by atoms with Crippen LogP contribution in [0.3, 0.4) is 0 Å². The lowest BCUT2D eigenvalue weighted by atomic mass is 9.45. The van der Waals surface area contributed by atoms with E-state index in [2.05, 4.69) is 0 Å². The summed E-state index contributed by atoms with van der Waals surface area (Å²) in [5.41, 5.74) is -7.37. The van der Waals surface area contributed by atoms with Crippen molar-refractivity contribution in [2.24, 2.45) is 11.3 Å². The highest BCUT2D eigenvalue weighted by Crippen LogP contribution is 2.69. The van der Waals surface area contributed by atoms with Crippen molar-refractivity contribution in [1.29, 1.82) is 0 Å². The maximum atomic E-state index is 13.9. The van der Waals surface area contributed by atoms with E-state index < -0.39 is 102 Å². The van der Waals surface area contributed by atoms with Crippen LogP contribution in [0.15, 0.2) is 66.7 Å². The molecule has 5 rings (SSSR count). The molecule has 13 heteroatoms. The Kier molecular flexibility index (Phi) is 9.99. The van der Waals surface area contributed by atoms with Gasteiger partial charge in [0.15, 0.2) is 12.2 Å². The summed E-state index contributed by atoms with van der Waals surface area (Å²) in [6, 6.07) is 16.7. The average molecular weight is 695 g/mol. The molecule has 2 aliphatic carbocycles. The molecular formula is C37H42O13. The van der Waals surface area contributed by atoms with Gasteiger partial charge >= 0.3 is 29.8 Å². The molecule has 9 atom stereocenters. The van der Waals surface area contributed by atoms with Gasteiger partial charge in [0.1, 0.15) is 29.8 Å². The fourth-order valence-electron chi connectivity index (χ4n) is 8.24. The van der Waals surface area contributed by atoms with Gasteiger partial charge in [0, 0.05) is 33.3 Å². The molecule has 0 aromatic heterocycles. The van der Waals surface area contributed by atoms with Gasteiger partial charge < -0.3 is 38.6 Å². The van der Waals surface area contributed by atoms with Crippen molar-refractivity contribution in [3.05, 3.63) is 77.9 Å². The summed E-state index contributed by atoms with van der Waals surface area (Å²) in [6.07, 6.45) is -6.04. The smallest absolute Gasteiger partial charge is 0.338 e. The fourth-order valence-corrected chi connectivity index (χ4v) is 8.24. The Hall–Kier alpha value is -4.59. The predicted molar refractivity (Wildman–Crippen MR) is 174 cm³/mol. The molecule has 1 aliphatic heterocycles. The van der Waals surface area contributed by atoms with E-state index in [1.807, 2.05) is 0 Å². The van der Waals surface area contributed by atoms with Crippen molar-refractivity contribution < 1.29 is 62.6 Å². The maximum Gasteiger partial charge on any atom is 0.338 e. The first-order chi connectivity index (χ1) is 23.5. The number of aliphatic hydroxyl groups excluding tert-OH is 1. The largest absolute Gasteiger partial charge is 0.465 e. The summed E-state index contributed by atoms with van der Waals surface area (Å²) in [5, 5.41) is 24.9. The van der Waals surface area contributed by atoms with Gasteiger partial charge in [-0.1, -0.05) is 48.5 Å². The second-order valence-electron chi connectivity index (χ2n) is 13.7. The molecule has 2 saturated carbocycles. The van der Waals surface area contributed by atoms with Crippen LogP contribution in [-0.4, -0.2) is 94.0 Å². The zero-order chi connectivity index (χ0) is 36.6. The van der Waals surface area contributed by atoms with Crippen molar-refractivity contribution in [2.45, 2.75) is 95.3 Å². The Morgan fingerprint density at radius 2 is 1.42 bits per heavy atom. The zero-order valence-corrected chi connectivity index (χ0v) is 28.7. The van der Waals surface area contributed by atoms with Gasteiger partial charge in [-0.3, -0.25) is 14.4 Å². The minimum absolute atomic E-state index is 0.0860. The van der Waals surface area contributed by atoms with Gasteiger partial charge in [-0.25, -0.2) is 9.59 Å². The third-order valence-corrected chi connectivity index (χ3v) is 9.91. The van der Waals surface area contributed by atoms with Crippen molar-refractivity contribution in [3.63, 3.8) is 0 Å². The number of ether oxygens (including phenoxy) is 6. The van der Waals surface area contributed by atoms with Crippen LogP contribution in [0, 0.1) is 11.3 Å². The molecule has 13 nitrogen and oxygen atoms in total. The van der Waals surface area contributed by atoms with Crippen LogP contribution >= 0.6 is 0 Å².